The summed E-state index contributed by atoms with van der Waals surface area (Å²) >= 11 is 0. The molecular formula is C15H31NO2. The van der Waals surface area contributed by atoms with Gasteiger partial charge in [0.1, 0.15) is 0 Å². The lowest BCUT2D eigenvalue weighted by Crippen LogP contribution is -2.55. The highest BCUT2D eigenvalue weighted by atomic mass is 16.5. The van der Waals surface area contributed by atoms with E-state index >= 15 is 0 Å². The zero-order chi connectivity index (χ0) is 13.9. The molecule has 0 heterocycles. The largest absolute Gasteiger partial charge is 0.393 e. The molecule has 0 spiro atoms. The van der Waals surface area contributed by atoms with E-state index < -0.39 is 0 Å². The number of hydrogen-bond acceptors (Lipinski definition) is 3. The number of rotatable bonds is 5. The van der Waals surface area contributed by atoms with Crippen molar-refractivity contribution in [3.63, 3.8) is 0 Å². The van der Waals surface area contributed by atoms with Gasteiger partial charge in [-0.2, -0.15) is 0 Å². The summed E-state index contributed by atoms with van der Waals surface area (Å²) < 4.78 is 5.34. The van der Waals surface area contributed by atoms with Crippen LogP contribution in [0.5, 0.6) is 0 Å². The molecule has 1 fully saturated rings. The summed E-state index contributed by atoms with van der Waals surface area (Å²) in [5, 5.41) is 9.97. The maximum absolute atomic E-state index is 9.97. The molecule has 0 aromatic heterocycles. The normalized spacial score (nSPS) is 30.2. The van der Waals surface area contributed by atoms with Gasteiger partial charge in [0.25, 0.3) is 0 Å². The van der Waals surface area contributed by atoms with E-state index in [4.69, 9.17) is 4.74 Å². The molecule has 0 amide bonds. The molecule has 3 unspecified atom stereocenters. The molecule has 3 nitrogen and oxygen atoms in total. The van der Waals surface area contributed by atoms with Crippen LogP contribution in [0.3, 0.4) is 0 Å². The third kappa shape index (κ3) is 3.69. The van der Waals surface area contributed by atoms with Crippen LogP contribution >= 0.6 is 0 Å². The van der Waals surface area contributed by atoms with Crippen molar-refractivity contribution in [2.24, 2.45) is 11.8 Å². The molecule has 1 aliphatic rings. The van der Waals surface area contributed by atoms with Crippen molar-refractivity contribution in [3.05, 3.63) is 0 Å². The first-order valence-electron chi connectivity index (χ1n) is 7.19. The average Bonchev–Trinajstić information content (AvgIpc) is 2.27. The van der Waals surface area contributed by atoms with E-state index in [2.05, 4.69) is 39.6 Å². The Hall–Kier alpha value is -0.120. The summed E-state index contributed by atoms with van der Waals surface area (Å²) in [5.74, 6) is 1.35. The van der Waals surface area contributed by atoms with E-state index in [9.17, 15) is 5.11 Å². The van der Waals surface area contributed by atoms with Crippen molar-refractivity contribution in [2.45, 2.75) is 64.6 Å². The molecule has 0 aromatic rings. The average molecular weight is 257 g/mol. The zero-order valence-electron chi connectivity index (χ0n) is 12.9. The van der Waals surface area contributed by atoms with Gasteiger partial charge in [0.15, 0.2) is 0 Å². The molecule has 0 aliphatic heterocycles. The third-order valence-electron chi connectivity index (χ3n) is 4.65. The SMILES string of the molecule is COCC(C)(C)N(C)C1CC(O)CCC1C(C)C. The van der Waals surface area contributed by atoms with E-state index in [1.54, 1.807) is 7.11 Å². The van der Waals surface area contributed by atoms with Gasteiger partial charge in [-0.05, 0) is 52.0 Å². The third-order valence-corrected chi connectivity index (χ3v) is 4.65. The molecule has 0 aromatic carbocycles. The summed E-state index contributed by atoms with van der Waals surface area (Å²) in [5.41, 5.74) is 0.0175. The second kappa shape index (κ2) is 6.36. The van der Waals surface area contributed by atoms with Crippen molar-refractivity contribution in [1.82, 2.24) is 4.90 Å². The van der Waals surface area contributed by atoms with Gasteiger partial charge in [0.2, 0.25) is 0 Å². The lowest BCUT2D eigenvalue weighted by atomic mass is 9.75. The van der Waals surface area contributed by atoms with E-state index in [-0.39, 0.29) is 11.6 Å². The van der Waals surface area contributed by atoms with Crippen molar-refractivity contribution < 1.29 is 9.84 Å². The van der Waals surface area contributed by atoms with Gasteiger partial charge in [-0.15, -0.1) is 0 Å². The number of ether oxygens (including phenoxy) is 1. The number of aliphatic hydroxyl groups excluding tert-OH is 1. The minimum atomic E-state index is -0.134. The molecule has 0 bridgehead atoms. The quantitative estimate of drug-likeness (QED) is 0.821. The first kappa shape index (κ1) is 15.9. The molecule has 3 heteroatoms. The molecule has 18 heavy (non-hydrogen) atoms. The lowest BCUT2D eigenvalue weighted by molar-refractivity contribution is -0.0408. The van der Waals surface area contributed by atoms with Gasteiger partial charge in [0, 0.05) is 18.7 Å². The number of aliphatic hydroxyl groups is 1. The summed E-state index contributed by atoms with van der Waals surface area (Å²) in [4.78, 5) is 2.42. The molecular weight excluding hydrogens is 226 g/mol. The van der Waals surface area contributed by atoms with Crippen molar-refractivity contribution in [3.8, 4) is 0 Å². The topological polar surface area (TPSA) is 32.7 Å². The van der Waals surface area contributed by atoms with E-state index in [0.29, 0.717) is 17.9 Å². The summed E-state index contributed by atoms with van der Waals surface area (Å²) in [7, 11) is 3.93. The Morgan fingerprint density at radius 3 is 2.44 bits per heavy atom. The Kier molecular flexibility index (Phi) is 5.63. The van der Waals surface area contributed by atoms with Crippen LogP contribution in [0.15, 0.2) is 0 Å². The Bertz CT molecular complexity index is 253. The minimum absolute atomic E-state index is 0.0175. The Morgan fingerprint density at radius 1 is 1.33 bits per heavy atom. The fourth-order valence-corrected chi connectivity index (χ4v) is 3.28. The number of nitrogens with zero attached hydrogens (tertiary/aromatic N) is 1. The number of methoxy groups -OCH3 is 1. The molecule has 108 valence electrons. The zero-order valence-corrected chi connectivity index (χ0v) is 12.9. The van der Waals surface area contributed by atoms with Gasteiger partial charge in [-0.1, -0.05) is 13.8 Å². The van der Waals surface area contributed by atoms with Crippen molar-refractivity contribution >= 4 is 0 Å². The van der Waals surface area contributed by atoms with E-state index in [0.717, 1.165) is 25.9 Å². The van der Waals surface area contributed by atoms with Crippen LogP contribution in [0.1, 0.15) is 47.0 Å². The Morgan fingerprint density at radius 2 is 1.94 bits per heavy atom. The minimum Gasteiger partial charge on any atom is -0.393 e. The first-order valence-corrected chi connectivity index (χ1v) is 7.19. The van der Waals surface area contributed by atoms with Crippen LogP contribution in [-0.2, 0) is 4.74 Å². The van der Waals surface area contributed by atoms with Crippen LogP contribution in [0, 0.1) is 11.8 Å². The van der Waals surface area contributed by atoms with Crippen LogP contribution < -0.4 is 0 Å². The van der Waals surface area contributed by atoms with E-state index in [1.807, 2.05) is 0 Å². The second-order valence-electron chi connectivity index (χ2n) is 6.80. The molecule has 1 N–H and O–H groups in total. The highest BCUT2D eigenvalue weighted by molar-refractivity contribution is 4.92. The van der Waals surface area contributed by atoms with Crippen molar-refractivity contribution in [2.75, 3.05) is 20.8 Å². The van der Waals surface area contributed by atoms with Gasteiger partial charge < -0.3 is 9.84 Å². The predicted octanol–water partition coefficient (Wildman–Crippen LogP) is 2.53. The summed E-state index contributed by atoms with van der Waals surface area (Å²) in [6, 6.07) is 0.457. The van der Waals surface area contributed by atoms with Crippen LogP contribution in [-0.4, -0.2) is 48.5 Å². The molecule has 0 saturated heterocycles. The smallest absolute Gasteiger partial charge is 0.0641 e. The van der Waals surface area contributed by atoms with Crippen LogP contribution in [0.2, 0.25) is 0 Å². The molecule has 3 atom stereocenters. The standard InChI is InChI=1S/C15H31NO2/c1-11(2)13-8-7-12(17)9-14(13)16(5)15(3,4)10-18-6/h11-14,17H,7-10H2,1-6H3. The van der Waals surface area contributed by atoms with Gasteiger partial charge in [-0.25, -0.2) is 0 Å². The number of likely N-dealkylation sites (N-methyl/N-ethyl adjacent to an activating group) is 1. The number of hydrogen-bond donors (Lipinski definition) is 1. The van der Waals surface area contributed by atoms with Crippen LogP contribution in [0.4, 0.5) is 0 Å². The molecule has 1 rings (SSSR count). The second-order valence-corrected chi connectivity index (χ2v) is 6.80. The molecule has 1 saturated carbocycles. The Labute approximate surface area is 113 Å². The monoisotopic (exact) mass is 257 g/mol. The highest BCUT2D eigenvalue weighted by Gasteiger charge is 2.38. The van der Waals surface area contributed by atoms with Gasteiger partial charge in [0.05, 0.1) is 12.7 Å². The Balaban J connectivity index is 2.81. The lowest BCUT2D eigenvalue weighted by Gasteiger charge is -2.48. The summed E-state index contributed by atoms with van der Waals surface area (Å²) in [6.45, 7) is 9.75. The summed E-state index contributed by atoms with van der Waals surface area (Å²) in [6.07, 6.45) is 2.85. The van der Waals surface area contributed by atoms with Crippen molar-refractivity contribution in [1.29, 1.82) is 0 Å². The predicted molar refractivity (Wildman–Crippen MR) is 75.7 cm³/mol. The molecule has 1 aliphatic carbocycles. The van der Waals surface area contributed by atoms with Gasteiger partial charge in [-0.3, -0.25) is 4.90 Å². The maximum Gasteiger partial charge on any atom is 0.0641 e. The first-order chi connectivity index (χ1) is 8.29. The fourth-order valence-electron chi connectivity index (χ4n) is 3.28. The van der Waals surface area contributed by atoms with E-state index in [1.165, 1.54) is 0 Å². The van der Waals surface area contributed by atoms with Crippen LogP contribution in [0.25, 0.3) is 0 Å². The molecule has 0 radical (unpaired) electrons. The maximum atomic E-state index is 9.97. The fraction of sp³-hybridized carbons (Fsp3) is 1.00. The van der Waals surface area contributed by atoms with Gasteiger partial charge >= 0.3 is 0 Å². The highest BCUT2D eigenvalue weighted by Crippen LogP contribution is 2.35.